The molecule has 0 bridgehead atoms. The number of hydrogen-bond acceptors (Lipinski definition) is 7. The fraction of sp³-hybridized carbons (Fsp3) is 0.143. The molecule has 11 heteroatoms. The summed E-state index contributed by atoms with van der Waals surface area (Å²) in [6.07, 6.45) is 0. The van der Waals surface area contributed by atoms with Gasteiger partial charge in [0.25, 0.3) is 0 Å². The second-order valence-corrected chi connectivity index (χ2v) is 10.3. The van der Waals surface area contributed by atoms with E-state index in [4.69, 9.17) is 34.6 Å². The van der Waals surface area contributed by atoms with Gasteiger partial charge in [0.2, 0.25) is 0 Å². The zero-order chi connectivity index (χ0) is 18.5. The van der Waals surface area contributed by atoms with Crippen molar-refractivity contribution in [1.82, 2.24) is 0 Å². The van der Waals surface area contributed by atoms with Gasteiger partial charge in [0.05, 0.1) is 14.2 Å². The molecule has 0 saturated heterocycles. The molecule has 25 heavy (non-hydrogen) atoms. The van der Waals surface area contributed by atoms with Crippen molar-refractivity contribution in [2.75, 3.05) is 14.2 Å². The summed E-state index contributed by atoms with van der Waals surface area (Å²) in [5.74, 6) is 1.63. The van der Waals surface area contributed by atoms with Crippen molar-refractivity contribution in [3.8, 4) is 23.0 Å². The van der Waals surface area contributed by atoms with Crippen molar-refractivity contribution in [2.24, 2.45) is 0 Å². The second kappa shape index (κ2) is 8.45. The van der Waals surface area contributed by atoms with Crippen LogP contribution in [-0.4, -0.2) is 19.1 Å². The first-order valence-electron chi connectivity index (χ1n) is 6.77. The number of benzene rings is 2. The molecule has 136 valence electrons. The Morgan fingerprint density at radius 2 is 1.20 bits per heavy atom. The monoisotopic (exact) mass is 422 g/mol. The molecule has 2 aromatic carbocycles. The third kappa shape index (κ3) is 6.55. The van der Waals surface area contributed by atoms with Gasteiger partial charge in [-0.15, -0.1) is 0 Å². The predicted octanol–water partition coefficient (Wildman–Crippen LogP) is 4.43. The molecule has 2 rings (SSSR count). The zero-order valence-electron chi connectivity index (χ0n) is 13.3. The van der Waals surface area contributed by atoms with Gasteiger partial charge in [-0.3, -0.25) is 0 Å². The van der Waals surface area contributed by atoms with Crippen LogP contribution in [0.2, 0.25) is 0 Å². The Kier molecular flexibility index (Phi) is 6.79. The highest BCUT2D eigenvalue weighted by Crippen LogP contribution is 2.65. The van der Waals surface area contributed by atoms with Crippen molar-refractivity contribution in [3.63, 3.8) is 0 Å². The molecule has 0 heterocycles. The maximum atomic E-state index is 12.3. The fourth-order valence-electron chi connectivity index (χ4n) is 1.70. The van der Waals surface area contributed by atoms with Gasteiger partial charge in [0.15, 0.2) is 0 Å². The molecule has 7 nitrogen and oxygen atoms in total. The lowest BCUT2D eigenvalue weighted by molar-refractivity contribution is 0.346. The largest absolute Gasteiger partial charge is 0.497 e. The maximum Gasteiger partial charge on any atom is 0.445 e. The Hall–Kier alpha value is -1.21. The van der Waals surface area contributed by atoms with Crippen LogP contribution in [0, 0.1) is 0 Å². The molecule has 1 N–H and O–H groups in total. The molecule has 2 unspecified atom stereocenters. The molecule has 0 aliphatic heterocycles. The average molecular weight is 422 g/mol. The molecule has 0 spiro atoms. The summed E-state index contributed by atoms with van der Waals surface area (Å²) in [7, 11) is 3.03. The number of ether oxygens (including phenoxy) is 2. The van der Waals surface area contributed by atoms with E-state index in [9.17, 15) is 9.46 Å². The van der Waals surface area contributed by atoms with Crippen molar-refractivity contribution < 1.29 is 32.3 Å². The van der Waals surface area contributed by atoms with Crippen molar-refractivity contribution >= 4 is 37.6 Å². The minimum Gasteiger partial charge on any atom is -0.497 e. The minimum atomic E-state index is -4.01. The van der Waals surface area contributed by atoms with Crippen LogP contribution in [0.15, 0.2) is 48.5 Å². The van der Waals surface area contributed by atoms with Gasteiger partial charge >= 0.3 is 13.5 Å². The summed E-state index contributed by atoms with van der Waals surface area (Å²) in [6, 6.07) is 12.5. The smallest absolute Gasteiger partial charge is 0.445 e. The van der Waals surface area contributed by atoms with Gasteiger partial charge in [-0.05, 0) is 60.8 Å². The highest BCUT2D eigenvalue weighted by molar-refractivity contribution is 8.45. The number of rotatable bonds is 8. The Balaban J connectivity index is 2.03. The highest BCUT2D eigenvalue weighted by Gasteiger charge is 2.32. The van der Waals surface area contributed by atoms with E-state index in [1.807, 2.05) is 0 Å². The predicted molar refractivity (Wildman–Crippen MR) is 101 cm³/mol. The van der Waals surface area contributed by atoms with E-state index < -0.39 is 13.5 Å². The summed E-state index contributed by atoms with van der Waals surface area (Å²) >= 11 is 8.68. The molecular weight excluding hydrogens is 406 g/mol. The number of methoxy groups -OCH3 is 2. The van der Waals surface area contributed by atoms with E-state index in [2.05, 4.69) is 12.2 Å². The molecule has 0 aromatic heterocycles. The molecule has 2 atom stereocenters. The normalized spacial score (nSPS) is 15.5. The standard InChI is InChI=1S/C14H16O7P2S2/c1-17-11-3-7-13(8-4-11)19-22(15,24)21-23(16,25)20-14-9-5-12(18-2)6-10-14/h3-10H,1-2H3,(H,15,24)(H,16,25). The van der Waals surface area contributed by atoms with Crippen LogP contribution in [0.3, 0.4) is 0 Å². The molecule has 0 fully saturated rings. The van der Waals surface area contributed by atoms with Crippen LogP contribution in [0.4, 0.5) is 0 Å². The average Bonchev–Trinajstić information content (AvgIpc) is 2.54. The molecule has 0 amide bonds. The molecule has 2 aromatic rings. The summed E-state index contributed by atoms with van der Waals surface area (Å²) in [5.41, 5.74) is 0. The van der Waals surface area contributed by atoms with Crippen LogP contribution in [0.5, 0.6) is 23.0 Å². The third-order valence-electron chi connectivity index (χ3n) is 2.77. The summed E-state index contributed by atoms with van der Waals surface area (Å²) in [5, 5.41) is 0. The lowest BCUT2D eigenvalue weighted by atomic mass is 10.3. The molecule has 0 saturated carbocycles. The van der Waals surface area contributed by atoms with Crippen LogP contribution in [-0.2, 0) is 20.7 Å². The molecular formula is C14H16O7P2S2. The summed E-state index contributed by atoms with van der Waals surface area (Å²) in [4.78, 5) is 10.1. The van der Waals surface area contributed by atoms with Gasteiger partial charge in [-0.25, -0.2) is 8.88 Å². The Morgan fingerprint density at radius 3 is 1.60 bits per heavy atom. The number of hydrogen-bond donors (Lipinski definition) is 2. The van der Waals surface area contributed by atoms with Crippen molar-refractivity contribution in [3.05, 3.63) is 48.5 Å². The van der Waals surface area contributed by atoms with Gasteiger partial charge in [-0.2, -0.15) is 0 Å². The van der Waals surface area contributed by atoms with E-state index >= 15 is 0 Å². The molecule has 0 aliphatic carbocycles. The Morgan fingerprint density at radius 1 is 0.840 bits per heavy atom. The maximum absolute atomic E-state index is 12.3. The van der Waals surface area contributed by atoms with Gasteiger partial charge in [0, 0.05) is 11.8 Å². The van der Waals surface area contributed by atoms with E-state index in [0.717, 1.165) is 0 Å². The van der Waals surface area contributed by atoms with Crippen LogP contribution >= 0.6 is 25.8 Å². The fourth-order valence-corrected chi connectivity index (χ4v) is 6.46. The lowest BCUT2D eigenvalue weighted by Crippen LogP contribution is -1.98. The van der Waals surface area contributed by atoms with Crippen molar-refractivity contribution in [2.45, 2.75) is 0 Å². The van der Waals surface area contributed by atoms with E-state index in [-0.39, 0.29) is 11.5 Å². The topological polar surface area (TPSA) is 83.5 Å². The Bertz CT molecular complexity index is 728. The second-order valence-electron chi connectivity index (χ2n) is 4.55. The quantitative estimate of drug-likeness (QED) is 0.478. The first-order chi connectivity index (χ1) is 11.7. The Labute approximate surface area is 155 Å². The first-order valence-corrected chi connectivity index (χ1v) is 12.1. The van der Waals surface area contributed by atoms with Crippen LogP contribution < -0.4 is 18.5 Å². The summed E-state index contributed by atoms with van der Waals surface area (Å²) in [6.45, 7) is -7.92. The van der Waals surface area contributed by atoms with Crippen LogP contribution in [0.1, 0.15) is 0 Å². The van der Waals surface area contributed by atoms with Gasteiger partial charge in [0.1, 0.15) is 23.0 Å². The highest BCUT2D eigenvalue weighted by atomic mass is 32.7. The van der Waals surface area contributed by atoms with Crippen LogP contribution in [0.25, 0.3) is 0 Å². The molecule has 0 radical (unpaired) electrons. The van der Waals surface area contributed by atoms with Gasteiger partial charge in [-0.1, -0.05) is 0 Å². The lowest BCUT2D eigenvalue weighted by Gasteiger charge is -2.20. The van der Waals surface area contributed by atoms with E-state index in [1.165, 1.54) is 38.5 Å². The van der Waals surface area contributed by atoms with E-state index in [1.54, 1.807) is 24.3 Å². The molecule has 0 aliphatic rings. The van der Waals surface area contributed by atoms with Crippen molar-refractivity contribution in [1.29, 1.82) is 0 Å². The SMILES string of the molecule is COc1ccc(OP(=O)(S)OP(O)(=S)Oc2ccc(OC)cc2)cc1. The summed E-state index contributed by atoms with van der Waals surface area (Å²) < 4.78 is 37.6. The minimum absolute atomic E-state index is 0.207. The van der Waals surface area contributed by atoms with Gasteiger partial charge < -0.3 is 23.4 Å². The third-order valence-corrected chi connectivity index (χ3v) is 7.03. The zero-order valence-corrected chi connectivity index (χ0v) is 16.8. The first kappa shape index (κ1) is 20.1. The van der Waals surface area contributed by atoms with E-state index in [0.29, 0.717) is 11.5 Å². The number of thiol groups is 1.